The number of benzene rings is 5. The Morgan fingerprint density at radius 1 is 0.596 bits per heavy atom. The number of ketones is 1. The lowest BCUT2D eigenvalue weighted by Gasteiger charge is -2.39. The van der Waals surface area contributed by atoms with Crippen LogP contribution in [0.25, 0.3) is 11.1 Å². The number of nitro groups is 1. The molecule has 2 amide bonds. The van der Waals surface area contributed by atoms with E-state index in [2.05, 4.69) is 0 Å². The van der Waals surface area contributed by atoms with Gasteiger partial charge in [-0.25, -0.2) is 9.29 Å². The number of carbonyl (C=O) groups is 3. The highest BCUT2D eigenvalue weighted by molar-refractivity contribution is 6.39. The van der Waals surface area contributed by atoms with Gasteiger partial charge >= 0.3 is 0 Å². The molecule has 8 rings (SSSR count). The number of fused-ring (bicyclic) bond motifs is 5. The van der Waals surface area contributed by atoms with E-state index in [0.717, 1.165) is 17.0 Å². The lowest BCUT2D eigenvalue weighted by molar-refractivity contribution is -0.384. The lowest BCUT2D eigenvalue weighted by atomic mass is 9.59. The van der Waals surface area contributed by atoms with Crippen LogP contribution in [-0.4, -0.2) is 22.5 Å². The number of amides is 2. The maximum atomic E-state index is 15.8. The highest BCUT2D eigenvalue weighted by atomic mass is 19.1. The van der Waals surface area contributed by atoms with Gasteiger partial charge in [-0.05, 0) is 45.5 Å². The predicted molar refractivity (Wildman–Crippen MR) is 173 cm³/mol. The summed E-state index contributed by atoms with van der Waals surface area (Å²) in [6, 6.07) is 39.6. The molecule has 0 unspecified atom stereocenters. The largest absolute Gasteiger partial charge is 0.297 e. The number of imide groups is 1. The van der Waals surface area contributed by atoms with E-state index in [0.29, 0.717) is 39.5 Å². The summed E-state index contributed by atoms with van der Waals surface area (Å²) in [5, 5.41) is 12.2. The third-order valence-corrected chi connectivity index (χ3v) is 9.95. The van der Waals surface area contributed by atoms with Crippen LogP contribution >= 0.6 is 0 Å². The minimum atomic E-state index is -1.65. The third kappa shape index (κ3) is 3.58. The van der Waals surface area contributed by atoms with Crippen molar-refractivity contribution >= 4 is 40.1 Å². The SMILES string of the molecule is O=C1[C@@H]2[C@@H](C(=O)N1c1ccc(F)cc1[N+](=O)[O-])[C@@]1(c3ccccc3)C(=O)[C@@]2(c2ccccc2)C(c2ccccc2)=C1c1ccccc1. The minimum absolute atomic E-state index is 0.301. The van der Waals surface area contributed by atoms with Crippen LogP contribution in [0.4, 0.5) is 15.8 Å². The number of anilines is 1. The van der Waals surface area contributed by atoms with Crippen LogP contribution in [0.5, 0.6) is 0 Å². The molecule has 0 radical (unpaired) electrons. The van der Waals surface area contributed by atoms with E-state index in [9.17, 15) is 24.1 Å². The Hall–Kier alpha value is -6.02. The number of hydrogen-bond donors (Lipinski definition) is 0. The second-order valence-electron chi connectivity index (χ2n) is 12.0. The van der Waals surface area contributed by atoms with Crippen LogP contribution in [0.2, 0.25) is 0 Å². The first-order valence-corrected chi connectivity index (χ1v) is 15.2. The zero-order chi connectivity index (χ0) is 32.5. The fourth-order valence-corrected chi connectivity index (χ4v) is 8.40. The van der Waals surface area contributed by atoms with Crippen LogP contribution in [0.1, 0.15) is 22.3 Å². The van der Waals surface area contributed by atoms with Gasteiger partial charge in [0.15, 0.2) is 5.78 Å². The topological polar surface area (TPSA) is 97.6 Å². The van der Waals surface area contributed by atoms with Crippen LogP contribution in [0, 0.1) is 27.8 Å². The molecule has 1 saturated heterocycles. The van der Waals surface area contributed by atoms with Crippen molar-refractivity contribution in [1.82, 2.24) is 0 Å². The highest BCUT2D eigenvalue weighted by Gasteiger charge is 2.83. The van der Waals surface area contributed by atoms with Gasteiger partial charge in [0.25, 0.3) is 5.69 Å². The lowest BCUT2D eigenvalue weighted by Crippen LogP contribution is -2.45. The Balaban J connectivity index is 1.55. The summed E-state index contributed by atoms with van der Waals surface area (Å²) in [7, 11) is 0. The molecule has 2 aliphatic carbocycles. The fraction of sp³-hybridized carbons (Fsp3) is 0.103. The van der Waals surface area contributed by atoms with Gasteiger partial charge < -0.3 is 0 Å². The summed E-state index contributed by atoms with van der Waals surface area (Å²) < 4.78 is 14.3. The van der Waals surface area contributed by atoms with Crippen LogP contribution in [0.15, 0.2) is 140 Å². The molecular weight excluding hydrogens is 595 g/mol. The molecule has 8 heteroatoms. The van der Waals surface area contributed by atoms with Crippen LogP contribution in [0.3, 0.4) is 0 Å². The van der Waals surface area contributed by atoms with Crippen molar-refractivity contribution in [2.24, 2.45) is 11.8 Å². The number of halogens is 1. The van der Waals surface area contributed by atoms with Gasteiger partial charge in [-0.2, -0.15) is 0 Å². The Morgan fingerprint density at radius 2 is 1.00 bits per heavy atom. The molecule has 0 N–H and O–H groups in total. The zero-order valence-corrected chi connectivity index (χ0v) is 24.7. The van der Waals surface area contributed by atoms with Crippen molar-refractivity contribution in [3.05, 3.63) is 178 Å². The molecule has 7 nitrogen and oxygen atoms in total. The second-order valence-corrected chi connectivity index (χ2v) is 12.0. The molecule has 228 valence electrons. The normalized spacial score (nSPS) is 24.6. The van der Waals surface area contributed by atoms with E-state index in [1.807, 2.05) is 72.8 Å². The maximum absolute atomic E-state index is 15.8. The summed E-state index contributed by atoms with van der Waals surface area (Å²) in [5.74, 6) is -5.17. The van der Waals surface area contributed by atoms with E-state index in [-0.39, 0.29) is 11.5 Å². The second kappa shape index (κ2) is 10.3. The van der Waals surface area contributed by atoms with E-state index in [1.54, 1.807) is 48.5 Å². The Labute approximate surface area is 268 Å². The first-order chi connectivity index (χ1) is 22.8. The molecule has 2 bridgehead atoms. The summed E-state index contributed by atoms with van der Waals surface area (Å²) >= 11 is 0. The average molecular weight is 621 g/mol. The summed E-state index contributed by atoms with van der Waals surface area (Å²) in [5.41, 5.74) is -0.607. The van der Waals surface area contributed by atoms with E-state index in [1.165, 1.54) is 0 Å². The highest BCUT2D eigenvalue weighted by Crippen LogP contribution is 2.74. The molecule has 3 aliphatic rings. The smallest absolute Gasteiger partial charge is 0.296 e. The number of Topliss-reactive ketones (excluding diaryl/α,β-unsaturated/α-hetero) is 1. The first kappa shape index (κ1) is 28.5. The number of allylic oxidation sites excluding steroid dienone is 2. The molecule has 47 heavy (non-hydrogen) atoms. The molecule has 4 atom stereocenters. The molecule has 5 aromatic carbocycles. The van der Waals surface area contributed by atoms with Crippen molar-refractivity contribution in [3.63, 3.8) is 0 Å². The van der Waals surface area contributed by atoms with Crippen molar-refractivity contribution in [3.8, 4) is 0 Å². The van der Waals surface area contributed by atoms with Crippen molar-refractivity contribution in [1.29, 1.82) is 0 Å². The van der Waals surface area contributed by atoms with Crippen molar-refractivity contribution < 1.29 is 23.7 Å². The summed E-state index contributed by atoms with van der Waals surface area (Å²) in [6.07, 6.45) is 0. The van der Waals surface area contributed by atoms with Gasteiger partial charge in [-0.15, -0.1) is 0 Å². The Kier molecular flexibility index (Phi) is 6.21. The quantitative estimate of drug-likeness (QED) is 0.117. The number of nitrogens with zero attached hydrogens (tertiary/aromatic N) is 2. The molecular formula is C39H25FN2O5. The molecule has 1 aliphatic heterocycles. The monoisotopic (exact) mass is 620 g/mol. The summed E-state index contributed by atoms with van der Waals surface area (Å²) in [6.45, 7) is 0. The van der Waals surface area contributed by atoms with Gasteiger partial charge in [0.2, 0.25) is 11.8 Å². The predicted octanol–water partition coefficient (Wildman–Crippen LogP) is 6.92. The average Bonchev–Trinajstić information content (AvgIpc) is 3.62. The number of nitro benzene ring substituents is 1. The van der Waals surface area contributed by atoms with Crippen LogP contribution < -0.4 is 4.90 Å². The van der Waals surface area contributed by atoms with Crippen molar-refractivity contribution in [2.75, 3.05) is 4.90 Å². The van der Waals surface area contributed by atoms with E-state index in [4.69, 9.17) is 0 Å². The number of hydrogen-bond acceptors (Lipinski definition) is 5. The molecule has 2 fully saturated rings. The number of carbonyl (C=O) groups excluding carboxylic acids is 3. The van der Waals surface area contributed by atoms with Gasteiger partial charge in [-0.1, -0.05) is 121 Å². The van der Waals surface area contributed by atoms with Gasteiger partial charge in [0.05, 0.1) is 33.7 Å². The van der Waals surface area contributed by atoms with Gasteiger partial charge in [0.1, 0.15) is 11.5 Å². The first-order valence-electron chi connectivity index (χ1n) is 15.2. The molecule has 5 aromatic rings. The molecule has 1 saturated carbocycles. The third-order valence-electron chi connectivity index (χ3n) is 9.95. The maximum Gasteiger partial charge on any atom is 0.296 e. The van der Waals surface area contributed by atoms with E-state index < -0.39 is 50.9 Å². The fourth-order valence-electron chi connectivity index (χ4n) is 8.40. The Morgan fingerprint density at radius 3 is 1.40 bits per heavy atom. The van der Waals surface area contributed by atoms with Crippen LogP contribution in [-0.2, 0) is 25.2 Å². The number of rotatable bonds is 6. The minimum Gasteiger partial charge on any atom is -0.297 e. The molecule has 1 heterocycles. The van der Waals surface area contributed by atoms with E-state index >= 15 is 4.79 Å². The molecule has 0 aromatic heterocycles. The zero-order valence-electron chi connectivity index (χ0n) is 24.7. The van der Waals surface area contributed by atoms with Crippen molar-refractivity contribution in [2.45, 2.75) is 10.8 Å². The Bertz CT molecular complexity index is 2030. The standard InChI is InChI=1S/C39H25FN2O5/c40-28-21-22-29(30(23-28)42(46)47)41-35(43)33-34(36(41)44)39(27-19-11-4-12-20-27)32(25-15-7-2-8-16-25)31(24-13-5-1-6-14-24)38(33,37(39)45)26-17-9-3-10-18-26/h1-23,33-34H/t33-,34-,38-,39-/m0/s1. The summed E-state index contributed by atoms with van der Waals surface area (Å²) in [4.78, 5) is 57.9. The van der Waals surface area contributed by atoms with Gasteiger partial charge in [0, 0.05) is 0 Å². The molecule has 0 spiro atoms. The van der Waals surface area contributed by atoms with Gasteiger partial charge in [-0.3, -0.25) is 24.5 Å².